The SMILES string of the molecule is CN(CCCNC(=O)Nc1ccccc1Oc1ccccc1)C[C@H]1O[C@@H](N2CNC3C(N)NCNC32)[C@H](O)[C@@H]1O. The fraction of sp³-hybridized carbons (Fsp3) is 0.519. The number of anilines is 1. The van der Waals surface area contributed by atoms with Crippen LogP contribution in [0.25, 0.3) is 0 Å². The van der Waals surface area contributed by atoms with Gasteiger partial charge in [0, 0.05) is 19.8 Å². The molecule has 13 heteroatoms. The second-order valence-electron chi connectivity index (χ2n) is 10.4. The second kappa shape index (κ2) is 13.2. The highest BCUT2D eigenvalue weighted by molar-refractivity contribution is 5.90. The average molecular weight is 557 g/mol. The number of hydrogen-bond acceptors (Lipinski definition) is 11. The van der Waals surface area contributed by atoms with Crippen molar-refractivity contribution < 1.29 is 24.5 Å². The average Bonchev–Trinajstić information content (AvgIpc) is 3.50. The van der Waals surface area contributed by atoms with Gasteiger partial charge in [-0.1, -0.05) is 30.3 Å². The molecule has 0 radical (unpaired) electrons. The maximum Gasteiger partial charge on any atom is 0.319 e. The molecule has 3 fully saturated rings. The number of nitrogens with zero attached hydrogens (tertiary/aromatic N) is 2. The molecule has 218 valence electrons. The van der Waals surface area contributed by atoms with Gasteiger partial charge in [-0.3, -0.25) is 16.0 Å². The molecule has 3 unspecified atom stereocenters. The highest BCUT2D eigenvalue weighted by Gasteiger charge is 2.51. The Kier molecular flexibility index (Phi) is 9.47. The first-order valence-corrected chi connectivity index (χ1v) is 13.7. The summed E-state index contributed by atoms with van der Waals surface area (Å²) in [5.41, 5.74) is 6.72. The van der Waals surface area contributed by atoms with Crippen LogP contribution in [0, 0.1) is 0 Å². The predicted molar refractivity (Wildman–Crippen MR) is 149 cm³/mol. The van der Waals surface area contributed by atoms with Gasteiger partial charge in [0.15, 0.2) is 5.75 Å². The van der Waals surface area contributed by atoms with Crippen molar-refractivity contribution in [3.05, 3.63) is 54.6 Å². The van der Waals surface area contributed by atoms with Crippen LogP contribution >= 0.6 is 0 Å². The summed E-state index contributed by atoms with van der Waals surface area (Å²) in [5, 5.41) is 37.0. The third kappa shape index (κ3) is 6.71. The van der Waals surface area contributed by atoms with Crippen molar-refractivity contribution in [2.24, 2.45) is 5.73 Å². The van der Waals surface area contributed by atoms with Crippen LogP contribution in [-0.2, 0) is 4.74 Å². The third-order valence-electron chi connectivity index (χ3n) is 7.51. The first kappa shape index (κ1) is 28.7. The normalized spacial score (nSPS) is 30.3. The summed E-state index contributed by atoms with van der Waals surface area (Å²) in [4.78, 5) is 16.5. The number of carbonyl (C=O) groups excluding carboxylic acids is 1. The molecule has 0 bridgehead atoms. The van der Waals surface area contributed by atoms with Gasteiger partial charge in [-0.15, -0.1) is 0 Å². The van der Waals surface area contributed by atoms with Crippen molar-refractivity contribution in [1.82, 2.24) is 31.1 Å². The molecule has 13 nitrogen and oxygen atoms in total. The zero-order valence-corrected chi connectivity index (χ0v) is 22.6. The first-order valence-electron chi connectivity index (χ1n) is 13.7. The zero-order valence-electron chi connectivity index (χ0n) is 22.6. The van der Waals surface area contributed by atoms with Crippen molar-refractivity contribution in [2.75, 3.05) is 45.3 Å². The minimum atomic E-state index is -1.04. The highest BCUT2D eigenvalue weighted by atomic mass is 16.6. The number of nitrogens with two attached hydrogens (primary N) is 1. The van der Waals surface area contributed by atoms with Crippen molar-refractivity contribution in [1.29, 1.82) is 0 Å². The Morgan fingerprint density at radius 2 is 1.90 bits per heavy atom. The Hall–Kier alpha value is -2.85. The van der Waals surface area contributed by atoms with Crippen LogP contribution in [0.2, 0.25) is 0 Å². The molecule has 3 saturated heterocycles. The maximum atomic E-state index is 12.5. The van der Waals surface area contributed by atoms with Crippen LogP contribution in [-0.4, -0.2) is 109 Å². The van der Waals surface area contributed by atoms with E-state index in [0.717, 1.165) is 0 Å². The van der Waals surface area contributed by atoms with Gasteiger partial charge in [-0.2, -0.15) is 0 Å². The van der Waals surface area contributed by atoms with E-state index in [1.807, 2.05) is 59.3 Å². The van der Waals surface area contributed by atoms with E-state index in [0.29, 0.717) is 56.6 Å². The number of para-hydroxylation sites is 3. The van der Waals surface area contributed by atoms with Gasteiger partial charge in [0.25, 0.3) is 0 Å². The van der Waals surface area contributed by atoms with E-state index >= 15 is 0 Å². The molecule has 5 rings (SSSR count). The molecule has 9 N–H and O–H groups in total. The molecule has 2 aromatic carbocycles. The molecule has 3 aliphatic rings. The van der Waals surface area contributed by atoms with Crippen molar-refractivity contribution >= 4 is 11.7 Å². The number of aliphatic hydroxyl groups is 2. The number of hydrogen-bond donors (Lipinski definition) is 8. The molecule has 40 heavy (non-hydrogen) atoms. The molecule has 2 amide bonds. The van der Waals surface area contributed by atoms with Gasteiger partial charge in [-0.25, -0.2) is 9.69 Å². The summed E-state index contributed by atoms with van der Waals surface area (Å²) in [5.74, 6) is 1.24. The smallest absolute Gasteiger partial charge is 0.319 e. The topological polar surface area (TPSA) is 169 Å². The second-order valence-corrected chi connectivity index (χ2v) is 10.4. The Bertz CT molecular complexity index is 1110. The molecule has 2 aromatic rings. The molecule has 0 aromatic heterocycles. The number of ether oxygens (including phenoxy) is 2. The van der Waals surface area contributed by atoms with Crippen LogP contribution in [0.3, 0.4) is 0 Å². The number of carbonyl (C=O) groups is 1. The predicted octanol–water partition coefficient (Wildman–Crippen LogP) is -0.638. The van der Waals surface area contributed by atoms with Crippen molar-refractivity contribution in [3.63, 3.8) is 0 Å². The summed E-state index contributed by atoms with van der Waals surface area (Å²) < 4.78 is 12.0. The van der Waals surface area contributed by atoms with E-state index in [4.69, 9.17) is 15.2 Å². The number of nitrogens with one attached hydrogen (secondary N) is 5. The Balaban J connectivity index is 1.04. The zero-order chi connectivity index (χ0) is 28.1. The molecule has 7 atom stereocenters. The Morgan fingerprint density at radius 3 is 2.73 bits per heavy atom. The minimum Gasteiger partial charge on any atom is -0.455 e. The van der Waals surface area contributed by atoms with E-state index in [1.54, 1.807) is 12.1 Å². The monoisotopic (exact) mass is 556 g/mol. The molecular formula is C27H40N8O5. The number of urea groups is 1. The summed E-state index contributed by atoms with van der Waals surface area (Å²) in [6.07, 6.45) is -2.86. The highest BCUT2D eigenvalue weighted by Crippen LogP contribution is 2.30. The molecular weight excluding hydrogens is 516 g/mol. The number of fused-ring (bicyclic) bond motifs is 1. The number of benzene rings is 2. The van der Waals surface area contributed by atoms with Crippen molar-refractivity contribution in [2.45, 2.75) is 49.3 Å². The number of rotatable bonds is 10. The summed E-state index contributed by atoms with van der Waals surface area (Å²) >= 11 is 0. The third-order valence-corrected chi connectivity index (χ3v) is 7.51. The lowest BCUT2D eigenvalue weighted by atomic mass is 10.1. The van der Waals surface area contributed by atoms with Crippen LogP contribution in [0.15, 0.2) is 54.6 Å². The number of aliphatic hydroxyl groups excluding tert-OH is 2. The molecule has 3 heterocycles. The molecule has 0 saturated carbocycles. The van der Waals surface area contributed by atoms with E-state index in [9.17, 15) is 15.0 Å². The number of likely N-dealkylation sites (N-methyl/N-ethyl adjacent to an activating group) is 1. The Morgan fingerprint density at radius 1 is 1.12 bits per heavy atom. The van der Waals surface area contributed by atoms with Gasteiger partial charge < -0.3 is 41.0 Å². The first-order chi connectivity index (χ1) is 19.4. The number of amides is 2. The fourth-order valence-electron chi connectivity index (χ4n) is 5.40. The van der Waals surface area contributed by atoms with Crippen LogP contribution in [0.5, 0.6) is 11.5 Å². The van der Waals surface area contributed by atoms with E-state index in [2.05, 4.69) is 26.6 Å². The quantitative estimate of drug-likeness (QED) is 0.175. The molecule has 3 aliphatic heterocycles. The standard InChI is InChI=1S/C27H40N8O5/c1-34(14-20-22(36)23(37)26(40-20)35-16-32-21-24(28)30-15-31-25(21)35)13-7-12-29-27(38)33-18-10-5-6-11-19(18)39-17-8-3-2-4-9-17/h2-6,8-11,20-26,30-32,36-37H,7,12-16,28H2,1H3,(H2,29,33,38)/t20-,21?,22-,23-,24?,25?,26-/m1/s1. The summed E-state index contributed by atoms with van der Waals surface area (Å²) in [6, 6.07) is 16.3. The lowest BCUT2D eigenvalue weighted by Crippen LogP contribution is -2.68. The van der Waals surface area contributed by atoms with Gasteiger partial charge in [0.2, 0.25) is 0 Å². The van der Waals surface area contributed by atoms with E-state index in [1.165, 1.54) is 0 Å². The lowest BCUT2D eigenvalue weighted by molar-refractivity contribution is -0.106. The van der Waals surface area contributed by atoms with Crippen molar-refractivity contribution in [3.8, 4) is 11.5 Å². The lowest BCUT2D eigenvalue weighted by Gasteiger charge is -2.38. The maximum absolute atomic E-state index is 12.5. The van der Waals surface area contributed by atoms with Gasteiger partial charge >= 0.3 is 6.03 Å². The minimum absolute atomic E-state index is 0.0296. The van der Waals surface area contributed by atoms with Crippen LogP contribution in [0.4, 0.5) is 10.5 Å². The summed E-state index contributed by atoms with van der Waals surface area (Å²) in [7, 11) is 1.92. The van der Waals surface area contributed by atoms with Gasteiger partial charge in [-0.05, 0) is 44.3 Å². The van der Waals surface area contributed by atoms with E-state index < -0.39 is 24.5 Å². The van der Waals surface area contributed by atoms with Gasteiger partial charge in [0.05, 0.1) is 30.7 Å². The fourth-order valence-corrected chi connectivity index (χ4v) is 5.40. The molecule has 0 aliphatic carbocycles. The van der Waals surface area contributed by atoms with Crippen LogP contribution < -0.4 is 37.1 Å². The van der Waals surface area contributed by atoms with Crippen LogP contribution in [0.1, 0.15) is 6.42 Å². The van der Waals surface area contributed by atoms with Gasteiger partial charge in [0.1, 0.15) is 30.3 Å². The summed E-state index contributed by atoms with van der Waals surface area (Å²) in [6.45, 7) is 2.61. The molecule has 0 spiro atoms. The Labute approximate surface area is 234 Å². The largest absolute Gasteiger partial charge is 0.455 e. The van der Waals surface area contributed by atoms with E-state index in [-0.39, 0.29) is 24.4 Å².